The third kappa shape index (κ3) is 4.61. The molecule has 3 heterocycles. The number of benzene rings is 1. The van der Waals surface area contributed by atoms with E-state index in [1.165, 1.54) is 30.9 Å². The normalized spacial score (nSPS) is 12.4. The first-order valence-electron chi connectivity index (χ1n) is 9.26. The fraction of sp³-hybridized carbons (Fsp3) is 0.0909. The number of halogens is 3. The monoisotopic (exact) mass is 423 g/mol. The standard InChI is InChI=1S/C22H16F3N5O/c23-22(24,25)17-7-4-10-27-20(17)19(30-21(31)29-16-6-3-9-26-13-16)15-11-14-5-1-2-8-18(14)28-12-15/h1-13,19H,(H2,29,30,31)/t19-/m0/s1. The van der Waals surface area contributed by atoms with Crippen LogP contribution >= 0.6 is 0 Å². The molecular formula is C22H16F3N5O. The largest absolute Gasteiger partial charge is 0.418 e. The maximum absolute atomic E-state index is 13.7. The quantitative estimate of drug-likeness (QED) is 0.487. The SMILES string of the molecule is O=C(Nc1cccnc1)N[C@@H](c1cnc2ccccc2c1)c1ncccc1C(F)(F)F. The first-order valence-corrected chi connectivity index (χ1v) is 9.26. The van der Waals surface area contributed by atoms with Crippen LogP contribution in [0.4, 0.5) is 23.7 Å². The Hall–Kier alpha value is -4.01. The minimum atomic E-state index is -4.65. The molecule has 2 N–H and O–H groups in total. The first kappa shape index (κ1) is 20.3. The number of rotatable bonds is 4. The van der Waals surface area contributed by atoms with E-state index < -0.39 is 23.8 Å². The molecule has 0 aliphatic carbocycles. The number of urea groups is 1. The third-order valence-electron chi connectivity index (χ3n) is 4.56. The van der Waals surface area contributed by atoms with Crippen molar-refractivity contribution in [2.24, 2.45) is 0 Å². The number of pyridine rings is 3. The number of nitrogens with one attached hydrogen (secondary N) is 2. The Morgan fingerprint density at radius 3 is 2.52 bits per heavy atom. The molecule has 0 unspecified atom stereocenters. The summed E-state index contributed by atoms with van der Waals surface area (Å²) < 4.78 is 41.0. The molecule has 0 saturated heterocycles. The number of carbonyl (C=O) groups excluding carboxylic acids is 1. The van der Waals surface area contributed by atoms with Gasteiger partial charge in [-0.1, -0.05) is 18.2 Å². The summed E-state index contributed by atoms with van der Waals surface area (Å²) in [7, 11) is 0. The summed E-state index contributed by atoms with van der Waals surface area (Å²) in [5.41, 5.74) is 0.182. The van der Waals surface area contributed by atoms with E-state index in [-0.39, 0.29) is 5.69 Å². The van der Waals surface area contributed by atoms with E-state index in [2.05, 4.69) is 25.6 Å². The van der Waals surface area contributed by atoms with Crippen LogP contribution in [0.5, 0.6) is 0 Å². The fourth-order valence-electron chi connectivity index (χ4n) is 3.18. The van der Waals surface area contributed by atoms with Crippen molar-refractivity contribution >= 4 is 22.6 Å². The molecule has 156 valence electrons. The van der Waals surface area contributed by atoms with Crippen LogP contribution in [0.1, 0.15) is 22.9 Å². The van der Waals surface area contributed by atoms with Crippen LogP contribution in [-0.4, -0.2) is 21.0 Å². The molecule has 2 amide bonds. The van der Waals surface area contributed by atoms with Gasteiger partial charge in [0, 0.05) is 24.0 Å². The fourth-order valence-corrected chi connectivity index (χ4v) is 3.18. The molecule has 9 heteroatoms. The van der Waals surface area contributed by atoms with Crippen molar-refractivity contribution in [2.75, 3.05) is 5.32 Å². The molecular weight excluding hydrogens is 407 g/mol. The zero-order valence-corrected chi connectivity index (χ0v) is 16.0. The van der Waals surface area contributed by atoms with Crippen LogP contribution < -0.4 is 10.6 Å². The Balaban J connectivity index is 1.76. The predicted octanol–water partition coefficient (Wildman–Crippen LogP) is 4.95. The smallest absolute Gasteiger partial charge is 0.325 e. The predicted molar refractivity (Wildman–Crippen MR) is 109 cm³/mol. The molecule has 31 heavy (non-hydrogen) atoms. The Morgan fingerprint density at radius 1 is 0.935 bits per heavy atom. The highest BCUT2D eigenvalue weighted by Crippen LogP contribution is 2.35. The first-order chi connectivity index (χ1) is 14.9. The van der Waals surface area contributed by atoms with E-state index >= 15 is 0 Å². The molecule has 4 rings (SSSR count). The highest BCUT2D eigenvalue weighted by molar-refractivity contribution is 5.89. The van der Waals surface area contributed by atoms with E-state index in [4.69, 9.17) is 0 Å². The van der Waals surface area contributed by atoms with Gasteiger partial charge in [0.1, 0.15) is 6.04 Å². The van der Waals surface area contributed by atoms with E-state index in [1.807, 2.05) is 6.07 Å². The minimum Gasteiger partial charge on any atom is -0.325 e. The molecule has 1 atom stereocenters. The van der Waals surface area contributed by atoms with Gasteiger partial charge in [-0.2, -0.15) is 13.2 Å². The average Bonchev–Trinajstić information content (AvgIpc) is 2.77. The lowest BCUT2D eigenvalue weighted by molar-refractivity contribution is -0.138. The molecule has 6 nitrogen and oxygen atoms in total. The van der Waals surface area contributed by atoms with Crippen LogP contribution in [0.3, 0.4) is 0 Å². The van der Waals surface area contributed by atoms with E-state index in [0.717, 1.165) is 11.5 Å². The van der Waals surface area contributed by atoms with Crippen LogP contribution in [0, 0.1) is 0 Å². The summed E-state index contributed by atoms with van der Waals surface area (Å²) in [5.74, 6) is 0. The highest BCUT2D eigenvalue weighted by atomic mass is 19.4. The number of amides is 2. The van der Waals surface area contributed by atoms with Crippen molar-refractivity contribution in [3.63, 3.8) is 0 Å². The van der Waals surface area contributed by atoms with Gasteiger partial charge in [-0.3, -0.25) is 15.0 Å². The van der Waals surface area contributed by atoms with Gasteiger partial charge in [0.25, 0.3) is 0 Å². The molecule has 1 aromatic carbocycles. The summed E-state index contributed by atoms with van der Waals surface area (Å²) in [6, 6.07) is 12.4. The number of aromatic nitrogens is 3. The Kier molecular flexibility index (Phi) is 5.48. The van der Waals surface area contributed by atoms with Gasteiger partial charge in [0.05, 0.1) is 28.7 Å². The molecule has 0 spiro atoms. The van der Waals surface area contributed by atoms with E-state index in [1.54, 1.807) is 36.4 Å². The maximum Gasteiger partial charge on any atom is 0.418 e. The molecule has 0 radical (unpaired) electrons. The molecule has 0 fully saturated rings. The molecule has 0 bridgehead atoms. The van der Waals surface area contributed by atoms with Crippen molar-refractivity contribution in [2.45, 2.75) is 12.2 Å². The van der Waals surface area contributed by atoms with Gasteiger partial charge in [-0.25, -0.2) is 4.79 Å². The summed E-state index contributed by atoms with van der Waals surface area (Å²) >= 11 is 0. The summed E-state index contributed by atoms with van der Waals surface area (Å²) in [6.45, 7) is 0. The highest BCUT2D eigenvalue weighted by Gasteiger charge is 2.37. The summed E-state index contributed by atoms with van der Waals surface area (Å²) in [6.07, 6.45) is 1.01. The van der Waals surface area contributed by atoms with Crippen LogP contribution in [0.15, 0.2) is 79.4 Å². The van der Waals surface area contributed by atoms with Gasteiger partial charge in [-0.05, 0) is 42.0 Å². The van der Waals surface area contributed by atoms with Gasteiger partial charge < -0.3 is 10.6 Å². The van der Waals surface area contributed by atoms with Crippen molar-refractivity contribution in [1.29, 1.82) is 0 Å². The number of para-hydroxylation sites is 1. The Morgan fingerprint density at radius 2 is 1.74 bits per heavy atom. The molecule has 3 aromatic heterocycles. The summed E-state index contributed by atoms with van der Waals surface area (Å²) in [4.78, 5) is 24.8. The minimum absolute atomic E-state index is 0.326. The Bertz CT molecular complexity index is 1210. The van der Waals surface area contributed by atoms with Crippen molar-refractivity contribution in [3.8, 4) is 0 Å². The lowest BCUT2D eigenvalue weighted by Crippen LogP contribution is -2.35. The average molecular weight is 423 g/mol. The molecule has 0 saturated carbocycles. The lowest BCUT2D eigenvalue weighted by atomic mass is 9.99. The zero-order valence-electron chi connectivity index (χ0n) is 16.0. The second kappa shape index (κ2) is 8.39. The maximum atomic E-state index is 13.7. The Labute approximate surface area is 175 Å². The number of alkyl halides is 3. The van der Waals surface area contributed by atoms with E-state index in [0.29, 0.717) is 16.8 Å². The third-order valence-corrected chi connectivity index (χ3v) is 4.56. The number of carbonyl (C=O) groups is 1. The number of hydrogen-bond acceptors (Lipinski definition) is 4. The molecule has 0 aliphatic rings. The van der Waals surface area contributed by atoms with Gasteiger partial charge in [-0.15, -0.1) is 0 Å². The van der Waals surface area contributed by atoms with Crippen LogP contribution in [0.2, 0.25) is 0 Å². The number of hydrogen-bond donors (Lipinski definition) is 2. The molecule has 4 aromatic rings. The lowest BCUT2D eigenvalue weighted by Gasteiger charge is -2.22. The topological polar surface area (TPSA) is 79.8 Å². The van der Waals surface area contributed by atoms with Crippen molar-refractivity contribution in [1.82, 2.24) is 20.3 Å². The zero-order chi connectivity index (χ0) is 21.8. The number of nitrogens with zero attached hydrogens (tertiary/aromatic N) is 3. The van der Waals surface area contributed by atoms with Crippen LogP contribution in [-0.2, 0) is 6.18 Å². The van der Waals surface area contributed by atoms with Gasteiger partial charge in [0.15, 0.2) is 0 Å². The van der Waals surface area contributed by atoms with Crippen LogP contribution in [0.25, 0.3) is 10.9 Å². The summed E-state index contributed by atoms with van der Waals surface area (Å²) in [5, 5.41) is 5.89. The van der Waals surface area contributed by atoms with E-state index in [9.17, 15) is 18.0 Å². The van der Waals surface area contributed by atoms with Crippen molar-refractivity contribution in [3.05, 3.63) is 96.2 Å². The number of fused-ring (bicyclic) bond motifs is 1. The van der Waals surface area contributed by atoms with Crippen molar-refractivity contribution < 1.29 is 18.0 Å². The van der Waals surface area contributed by atoms with Gasteiger partial charge in [0.2, 0.25) is 0 Å². The van der Waals surface area contributed by atoms with Gasteiger partial charge >= 0.3 is 12.2 Å². The second-order valence-electron chi connectivity index (χ2n) is 6.67. The molecule has 0 aliphatic heterocycles. The second-order valence-corrected chi connectivity index (χ2v) is 6.67. The number of anilines is 1.